The molecule has 3 heteroatoms. The van der Waals surface area contributed by atoms with E-state index in [1.165, 1.54) is 71.4 Å². The summed E-state index contributed by atoms with van der Waals surface area (Å²) in [5.41, 5.74) is 0. The van der Waals surface area contributed by atoms with Crippen LogP contribution < -0.4 is 5.32 Å². The number of hydrogen-bond acceptors (Lipinski definition) is 3. The topological polar surface area (TPSA) is 18.5 Å². The van der Waals surface area contributed by atoms with Gasteiger partial charge in [-0.15, -0.1) is 0 Å². The van der Waals surface area contributed by atoms with Crippen molar-refractivity contribution in [2.45, 2.75) is 71.9 Å². The molecule has 1 aliphatic heterocycles. The maximum Gasteiger partial charge on any atom is 0.0113 e. The Balaban J connectivity index is 0.000000956. The summed E-state index contributed by atoms with van der Waals surface area (Å²) in [6.07, 6.45) is 6.86. The average Bonchev–Trinajstić information content (AvgIpc) is 2.55. The second kappa shape index (κ2) is 10.6. The third-order valence-corrected chi connectivity index (χ3v) is 4.75. The summed E-state index contributed by atoms with van der Waals surface area (Å²) in [6, 6.07) is 1.68. The maximum atomic E-state index is 3.68. The summed E-state index contributed by atoms with van der Waals surface area (Å²) in [7, 11) is 0. The third kappa shape index (κ3) is 5.71. The molecule has 0 aromatic carbocycles. The molecule has 0 unspecified atom stereocenters. The van der Waals surface area contributed by atoms with Gasteiger partial charge in [0.2, 0.25) is 0 Å². The van der Waals surface area contributed by atoms with Gasteiger partial charge >= 0.3 is 0 Å². The smallest absolute Gasteiger partial charge is 0.0113 e. The van der Waals surface area contributed by atoms with Gasteiger partial charge in [0.15, 0.2) is 0 Å². The first-order valence-electron chi connectivity index (χ1n) is 9.03. The molecule has 0 spiro atoms. The van der Waals surface area contributed by atoms with Gasteiger partial charge in [-0.2, -0.15) is 0 Å². The van der Waals surface area contributed by atoms with Crippen LogP contribution in [-0.4, -0.2) is 61.2 Å². The number of likely N-dealkylation sites (N-methyl/N-ethyl adjacent to an activating group) is 1. The number of hydrogen-bond donors (Lipinski definition) is 1. The molecule has 3 nitrogen and oxygen atoms in total. The molecule has 2 rings (SSSR count). The Kier molecular flexibility index (Phi) is 9.49. The largest absolute Gasteiger partial charge is 0.314 e. The Morgan fingerprint density at radius 1 is 0.900 bits per heavy atom. The highest BCUT2D eigenvalue weighted by Gasteiger charge is 2.27. The Morgan fingerprint density at radius 2 is 1.50 bits per heavy atom. The zero-order chi connectivity index (χ0) is 14.8. The highest BCUT2D eigenvalue weighted by molar-refractivity contribution is 4.85. The summed E-state index contributed by atoms with van der Waals surface area (Å²) < 4.78 is 0. The molecule has 2 aliphatic rings. The van der Waals surface area contributed by atoms with Gasteiger partial charge in [0, 0.05) is 38.3 Å². The SMILES string of the molecule is CC.CCCNC1CCC(N2CCN(CC)CC2)CC1. The zero-order valence-electron chi connectivity index (χ0n) is 14.3. The van der Waals surface area contributed by atoms with Crippen molar-refractivity contribution in [2.75, 3.05) is 39.3 Å². The van der Waals surface area contributed by atoms with E-state index in [4.69, 9.17) is 0 Å². The van der Waals surface area contributed by atoms with Crippen LogP contribution in [0.1, 0.15) is 59.8 Å². The first kappa shape index (κ1) is 17.9. The highest BCUT2D eigenvalue weighted by atomic mass is 15.3. The lowest BCUT2D eigenvalue weighted by molar-refractivity contribution is 0.0766. The molecular formula is C17H37N3. The molecule has 0 atom stereocenters. The van der Waals surface area contributed by atoms with Crippen LogP contribution in [0.25, 0.3) is 0 Å². The lowest BCUT2D eigenvalue weighted by Gasteiger charge is -2.42. The molecule has 2 fully saturated rings. The first-order valence-corrected chi connectivity index (χ1v) is 9.03. The summed E-state index contributed by atoms with van der Waals surface area (Å²) in [6.45, 7) is 16.1. The standard InChI is InChI=1S/C15H31N3.C2H6/c1-3-9-16-14-5-7-15(8-6-14)18-12-10-17(4-2)11-13-18;1-2/h14-16H,3-13H2,1-2H3;1-2H3. The molecule has 1 saturated carbocycles. The van der Waals surface area contributed by atoms with Crippen LogP contribution in [-0.2, 0) is 0 Å². The van der Waals surface area contributed by atoms with E-state index in [0.29, 0.717) is 0 Å². The van der Waals surface area contributed by atoms with Crippen molar-refractivity contribution in [3.8, 4) is 0 Å². The van der Waals surface area contributed by atoms with Crippen LogP contribution in [0.3, 0.4) is 0 Å². The predicted molar refractivity (Wildman–Crippen MR) is 89.4 cm³/mol. The van der Waals surface area contributed by atoms with Crippen LogP contribution in [0, 0.1) is 0 Å². The van der Waals surface area contributed by atoms with E-state index in [0.717, 1.165) is 12.1 Å². The Labute approximate surface area is 127 Å². The Morgan fingerprint density at radius 3 is 2.00 bits per heavy atom. The van der Waals surface area contributed by atoms with E-state index >= 15 is 0 Å². The molecule has 1 aliphatic carbocycles. The summed E-state index contributed by atoms with van der Waals surface area (Å²) >= 11 is 0. The minimum atomic E-state index is 0.804. The molecule has 120 valence electrons. The molecule has 0 aromatic rings. The van der Waals surface area contributed by atoms with Gasteiger partial charge in [0.1, 0.15) is 0 Å². The molecule has 0 amide bonds. The number of nitrogens with one attached hydrogen (secondary N) is 1. The normalized spacial score (nSPS) is 28.8. The second-order valence-electron chi connectivity index (χ2n) is 5.93. The van der Waals surface area contributed by atoms with Crippen molar-refractivity contribution in [3.63, 3.8) is 0 Å². The Hall–Kier alpha value is -0.120. The molecule has 1 saturated heterocycles. The van der Waals surface area contributed by atoms with Gasteiger partial charge in [-0.05, 0) is 45.2 Å². The quantitative estimate of drug-likeness (QED) is 0.837. The zero-order valence-corrected chi connectivity index (χ0v) is 14.3. The lowest BCUT2D eigenvalue weighted by Crippen LogP contribution is -2.51. The molecule has 20 heavy (non-hydrogen) atoms. The van der Waals surface area contributed by atoms with E-state index in [1.54, 1.807) is 0 Å². The minimum absolute atomic E-state index is 0.804. The Bertz CT molecular complexity index is 216. The van der Waals surface area contributed by atoms with Crippen LogP contribution >= 0.6 is 0 Å². The third-order valence-electron chi connectivity index (χ3n) is 4.75. The fourth-order valence-electron chi connectivity index (χ4n) is 3.44. The van der Waals surface area contributed by atoms with Crippen LogP contribution in [0.5, 0.6) is 0 Å². The molecular weight excluding hydrogens is 246 g/mol. The van der Waals surface area contributed by atoms with E-state index < -0.39 is 0 Å². The second-order valence-corrected chi connectivity index (χ2v) is 5.93. The molecule has 0 aromatic heterocycles. The van der Waals surface area contributed by atoms with E-state index in [1.807, 2.05) is 13.8 Å². The van der Waals surface area contributed by atoms with Gasteiger partial charge in [-0.3, -0.25) is 4.90 Å². The van der Waals surface area contributed by atoms with Crippen molar-refractivity contribution in [3.05, 3.63) is 0 Å². The van der Waals surface area contributed by atoms with Crippen LogP contribution in [0.2, 0.25) is 0 Å². The number of nitrogens with zero attached hydrogens (tertiary/aromatic N) is 2. The van der Waals surface area contributed by atoms with Crippen molar-refractivity contribution in [1.82, 2.24) is 15.1 Å². The minimum Gasteiger partial charge on any atom is -0.314 e. The predicted octanol–water partition coefficient (Wildman–Crippen LogP) is 2.96. The van der Waals surface area contributed by atoms with Gasteiger partial charge in [-0.25, -0.2) is 0 Å². The summed E-state index contributed by atoms with van der Waals surface area (Å²) in [5, 5.41) is 3.68. The molecule has 0 bridgehead atoms. The first-order chi connectivity index (χ1) is 9.83. The van der Waals surface area contributed by atoms with Crippen LogP contribution in [0.4, 0.5) is 0 Å². The molecule has 1 heterocycles. The maximum absolute atomic E-state index is 3.68. The van der Waals surface area contributed by atoms with E-state index in [2.05, 4.69) is 29.0 Å². The van der Waals surface area contributed by atoms with Gasteiger partial charge in [-0.1, -0.05) is 27.7 Å². The number of piperazine rings is 1. The van der Waals surface area contributed by atoms with Crippen molar-refractivity contribution in [1.29, 1.82) is 0 Å². The lowest BCUT2D eigenvalue weighted by atomic mass is 9.89. The van der Waals surface area contributed by atoms with Gasteiger partial charge in [0.05, 0.1) is 0 Å². The summed E-state index contributed by atoms with van der Waals surface area (Å²) in [5.74, 6) is 0. The van der Waals surface area contributed by atoms with E-state index in [-0.39, 0.29) is 0 Å². The fraction of sp³-hybridized carbons (Fsp3) is 1.00. The monoisotopic (exact) mass is 283 g/mol. The highest BCUT2D eigenvalue weighted by Crippen LogP contribution is 2.24. The molecule has 1 N–H and O–H groups in total. The van der Waals surface area contributed by atoms with E-state index in [9.17, 15) is 0 Å². The molecule has 0 radical (unpaired) electrons. The average molecular weight is 284 g/mol. The number of rotatable bonds is 5. The van der Waals surface area contributed by atoms with Crippen LogP contribution in [0.15, 0.2) is 0 Å². The van der Waals surface area contributed by atoms with Crippen molar-refractivity contribution >= 4 is 0 Å². The van der Waals surface area contributed by atoms with Crippen molar-refractivity contribution in [2.24, 2.45) is 0 Å². The fourth-order valence-corrected chi connectivity index (χ4v) is 3.44. The van der Waals surface area contributed by atoms with Gasteiger partial charge < -0.3 is 10.2 Å². The van der Waals surface area contributed by atoms with Gasteiger partial charge in [0.25, 0.3) is 0 Å². The summed E-state index contributed by atoms with van der Waals surface area (Å²) in [4.78, 5) is 5.33. The van der Waals surface area contributed by atoms with Crippen molar-refractivity contribution < 1.29 is 0 Å².